The monoisotopic (exact) mass is 515 g/mol. The van der Waals surface area contributed by atoms with Crippen LogP contribution in [0.2, 0.25) is 0 Å². The van der Waals surface area contributed by atoms with Gasteiger partial charge >= 0.3 is 0 Å². The Kier molecular flexibility index (Phi) is 5.78. The Balaban J connectivity index is 1.32. The van der Waals surface area contributed by atoms with Crippen molar-refractivity contribution in [2.75, 3.05) is 5.32 Å². The van der Waals surface area contributed by atoms with Crippen molar-refractivity contribution in [3.05, 3.63) is 145 Å². The van der Waals surface area contributed by atoms with Gasteiger partial charge in [0.2, 0.25) is 0 Å². The lowest BCUT2D eigenvalue weighted by Gasteiger charge is -2.22. The summed E-state index contributed by atoms with van der Waals surface area (Å²) in [6.45, 7) is 4.65. The first-order valence-corrected chi connectivity index (χ1v) is 13.7. The highest BCUT2D eigenvalue weighted by Crippen LogP contribution is 2.49. The molecule has 0 saturated carbocycles. The smallest absolute Gasteiger partial charge is 0.0702 e. The van der Waals surface area contributed by atoms with Crippen molar-refractivity contribution in [3.8, 4) is 44.8 Å². The van der Waals surface area contributed by atoms with Crippen LogP contribution < -0.4 is 5.32 Å². The second-order valence-corrected chi connectivity index (χ2v) is 10.9. The van der Waals surface area contributed by atoms with Gasteiger partial charge in [-0.15, -0.1) is 0 Å². The van der Waals surface area contributed by atoms with E-state index in [1.807, 2.05) is 42.7 Å². The van der Waals surface area contributed by atoms with Gasteiger partial charge in [-0.2, -0.15) is 0 Å². The summed E-state index contributed by atoms with van der Waals surface area (Å²) < 4.78 is 0. The topological polar surface area (TPSA) is 37.8 Å². The summed E-state index contributed by atoms with van der Waals surface area (Å²) in [5.74, 6) is 0. The zero-order valence-corrected chi connectivity index (χ0v) is 22.6. The third-order valence-electron chi connectivity index (χ3n) is 7.92. The number of benzene rings is 4. The molecule has 40 heavy (non-hydrogen) atoms. The van der Waals surface area contributed by atoms with Crippen LogP contribution in [0.25, 0.3) is 44.8 Å². The first-order valence-electron chi connectivity index (χ1n) is 13.7. The maximum Gasteiger partial charge on any atom is 0.0702 e. The third kappa shape index (κ3) is 4.26. The van der Waals surface area contributed by atoms with Crippen LogP contribution in [-0.2, 0) is 5.41 Å². The van der Waals surface area contributed by atoms with Crippen LogP contribution >= 0.6 is 0 Å². The van der Waals surface area contributed by atoms with Crippen molar-refractivity contribution < 1.29 is 0 Å². The lowest BCUT2D eigenvalue weighted by atomic mass is 9.81. The number of aromatic nitrogens is 2. The summed E-state index contributed by atoms with van der Waals surface area (Å²) >= 11 is 0. The molecule has 3 heteroatoms. The van der Waals surface area contributed by atoms with E-state index in [0.717, 1.165) is 39.5 Å². The van der Waals surface area contributed by atoms with E-state index >= 15 is 0 Å². The molecule has 2 heterocycles. The van der Waals surface area contributed by atoms with Crippen LogP contribution in [0.3, 0.4) is 0 Å². The first-order chi connectivity index (χ1) is 19.6. The molecule has 4 aromatic carbocycles. The molecule has 0 bridgehead atoms. The highest BCUT2D eigenvalue weighted by molar-refractivity contribution is 5.85. The van der Waals surface area contributed by atoms with E-state index in [2.05, 4.69) is 120 Å². The molecule has 0 saturated heterocycles. The van der Waals surface area contributed by atoms with E-state index in [1.165, 1.54) is 27.8 Å². The molecule has 0 radical (unpaired) electrons. The molecule has 1 aliphatic rings. The Bertz CT molecular complexity index is 1840. The zero-order valence-electron chi connectivity index (χ0n) is 22.6. The summed E-state index contributed by atoms with van der Waals surface area (Å²) in [7, 11) is 0. The number of rotatable bonds is 5. The highest BCUT2D eigenvalue weighted by atomic mass is 14.9. The number of hydrogen-bond acceptors (Lipinski definition) is 3. The van der Waals surface area contributed by atoms with Gasteiger partial charge in [0, 0.05) is 40.3 Å². The molecule has 2 aromatic heterocycles. The molecule has 0 amide bonds. The number of pyridine rings is 2. The van der Waals surface area contributed by atoms with Gasteiger partial charge < -0.3 is 5.32 Å². The van der Waals surface area contributed by atoms with Gasteiger partial charge in [0.1, 0.15) is 0 Å². The van der Waals surface area contributed by atoms with Gasteiger partial charge in [-0.25, -0.2) is 0 Å². The van der Waals surface area contributed by atoms with E-state index < -0.39 is 0 Å². The number of nitrogens with one attached hydrogen (secondary N) is 1. The van der Waals surface area contributed by atoms with Crippen LogP contribution in [0.5, 0.6) is 0 Å². The Morgan fingerprint density at radius 1 is 0.475 bits per heavy atom. The predicted molar refractivity (Wildman–Crippen MR) is 166 cm³/mol. The lowest BCUT2D eigenvalue weighted by Crippen LogP contribution is -2.14. The highest BCUT2D eigenvalue weighted by Gasteiger charge is 2.35. The third-order valence-corrected chi connectivity index (χ3v) is 7.92. The summed E-state index contributed by atoms with van der Waals surface area (Å²) in [6, 6.07) is 42.8. The average Bonchev–Trinajstić information content (AvgIpc) is 3.24. The molecule has 1 N–H and O–H groups in total. The van der Waals surface area contributed by atoms with E-state index in [9.17, 15) is 0 Å². The van der Waals surface area contributed by atoms with E-state index in [4.69, 9.17) is 0 Å². The molecular formula is C37H29N3. The quantitative estimate of drug-likeness (QED) is 0.248. The van der Waals surface area contributed by atoms with E-state index in [-0.39, 0.29) is 5.41 Å². The molecule has 0 fully saturated rings. The molecule has 0 unspecified atom stereocenters. The molecule has 1 aliphatic carbocycles. The Labute approximate surface area is 235 Å². The van der Waals surface area contributed by atoms with Crippen molar-refractivity contribution in [2.45, 2.75) is 19.3 Å². The summed E-state index contributed by atoms with van der Waals surface area (Å²) in [5, 5.41) is 3.66. The Hall–Kier alpha value is -5.02. The minimum Gasteiger partial charge on any atom is -0.355 e. The molecule has 0 atom stereocenters. The summed E-state index contributed by atoms with van der Waals surface area (Å²) in [6.07, 6.45) is 3.68. The first kappa shape index (κ1) is 24.1. The maximum atomic E-state index is 4.66. The minimum atomic E-state index is -0.0481. The van der Waals surface area contributed by atoms with Gasteiger partial charge in [0.15, 0.2) is 0 Å². The Morgan fingerprint density at radius 3 is 1.93 bits per heavy atom. The van der Waals surface area contributed by atoms with Gasteiger partial charge in [-0.05, 0) is 94.0 Å². The van der Waals surface area contributed by atoms with E-state index in [0.29, 0.717) is 0 Å². The summed E-state index contributed by atoms with van der Waals surface area (Å²) in [4.78, 5) is 9.18. The predicted octanol–water partition coefficient (Wildman–Crippen LogP) is 9.53. The van der Waals surface area contributed by atoms with Crippen molar-refractivity contribution in [1.82, 2.24) is 9.97 Å². The normalized spacial score (nSPS) is 12.9. The minimum absolute atomic E-state index is 0.0481. The van der Waals surface area contributed by atoms with Crippen LogP contribution in [0, 0.1) is 0 Å². The number of hydrogen-bond donors (Lipinski definition) is 1. The Morgan fingerprint density at radius 2 is 1.15 bits per heavy atom. The fourth-order valence-corrected chi connectivity index (χ4v) is 5.89. The van der Waals surface area contributed by atoms with Crippen LogP contribution in [-0.4, -0.2) is 9.97 Å². The SMILES string of the molecule is CC1(C)c2ccccc2-c2ccc(-c3cc(Nc4cccc(-c5ccccn5)c4)cc(-c4ccccn4)c3)cc21. The van der Waals surface area contributed by atoms with Gasteiger partial charge in [-0.1, -0.05) is 74.5 Å². The zero-order chi connectivity index (χ0) is 27.1. The van der Waals surface area contributed by atoms with Crippen molar-refractivity contribution in [3.63, 3.8) is 0 Å². The van der Waals surface area contributed by atoms with Crippen molar-refractivity contribution >= 4 is 11.4 Å². The molecule has 3 nitrogen and oxygen atoms in total. The fourth-order valence-electron chi connectivity index (χ4n) is 5.89. The average molecular weight is 516 g/mol. The lowest BCUT2D eigenvalue weighted by molar-refractivity contribution is 0.660. The number of fused-ring (bicyclic) bond motifs is 3. The molecule has 0 aliphatic heterocycles. The molecule has 6 aromatic rings. The van der Waals surface area contributed by atoms with Gasteiger partial charge in [0.05, 0.1) is 11.4 Å². The largest absolute Gasteiger partial charge is 0.355 e. The van der Waals surface area contributed by atoms with Crippen LogP contribution in [0.15, 0.2) is 134 Å². The van der Waals surface area contributed by atoms with Crippen LogP contribution in [0.1, 0.15) is 25.0 Å². The number of anilines is 2. The van der Waals surface area contributed by atoms with Gasteiger partial charge in [-0.3, -0.25) is 9.97 Å². The molecule has 7 rings (SSSR count). The van der Waals surface area contributed by atoms with Crippen molar-refractivity contribution in [2.24, 2.45) is 0 Å². The standard InChI is InChI=1S/C37H29N3/c1-37(2)33-13-4-3-12-31(33)32-17-16-25(24-34(32)37)27-20-28(36-15-6-8-19-39-36)23-30(22-27)40-29-11-9-10-26(21-29)35-14-5-7-18-38-35/h3-24,40H,1-2H3. The molecular weight excluding hydrogens is 486 g/mol. The fraction of sp³-hybridized carbons (Fsp3) is 0.0811. The number of nitrogens with zero attached hydrogens (tertiary/aromatic N) is 2. The maximum absolute atomic E-state index is 4.66. The van der Waals surface area contributed by atoms with Gasteiger partial charge in [0.25, 0.3) is 0 Å². The second kappa shape index (κ2) is 9.62. The molecule has 192 valence electrons. The van der Waals surface area contributed by atoms with E-state index in [1.54, 1.807) is 0 Å². The van der Waals surface area contributed by atoms with Crippen molar-refractivity contribution in [1.29, 1.82) is 0 Å². The molecule has 0 spiro atoms. The summed E-state index contributed by atoms with van der Waals surface area (Å²) in [5.41, 5.74) is 13.8. The second-order valence-electron chi connectivity index (χ2n) is 10.9. The van der Waals surface area contributed by atoms with Crippen LogP contribution in [0.4, 0.5) is 11.4 Å².